The van der Waals surface area contributed by atoms with Gasteiger partial charge in [-0.1, -0.05) is 22.0 Å². The maximum absolute atomic E-state index is 11.9. The first-order valence-electron chi connectivity index (χ1n) is 7.34. The van der Waals surface area contributed by atoms with Gasteiger partial charge in [-0.2, -0.15) is 13.2 Å². The number of carbonyl (C=O) groups excluding carboxylic acids is 3. The van der Waals surface area contributed by atoms with Crippen LogP contribution in [0, 0.1) is 0 Å². The lowest BCUT2D eigenvalue weighted by Gasteiger charge is -2.09. The number of hydrogen-bond donors (Lipinski definition) is 2. The highest BCUT2D eigenvalue weighted by Crippen LogP contribution is 2.17. The second-order valence-corrected chi connectivity index (χ2v) is 5.83. The molecule has 0 saturated carbocycles. The molecule has 0 aliphatic heterocycles. The highest BCUT2D eigenvalue weighted by molar-refractivity contribution is 9.10. The Morgan fingerprint density at radius 1 is 1.19 bits per heavy atom. The zero-order valence-corrected chi connectivity index (χ0v) is 15.0. The number of hydrogen-bond acceptors (Lipinski definition) is 5. The van der Waals surface area contributed by atoms with Crippen LogP contribution in [0.4, 0.5) is 18.0 Å². The fourth-order valence-electron chi connectivity index (χ4n) is 1.57. The van der Waals surface area contributed by atoms with Gasteiger partial charge in [-0.25, -0.2) is 4.79 Å². The van der Waals surface area contributed by atoms with E-state index < -0.39 is 37.2 Å². The molecule has 0 spiro atoms. The van der Waals surface area contributed by atoms with Crippen LogP contribution in [0.3, 0.4) is 0 Å². The van der Waals surface area contributed by atoms with E-state index in [0.29, 0.717) is 12.2 Å². The van der Waals surface area contributed by atoms with Crippen molar-refractivity contribution in [3.05, 3.63) is 28.7 Å². The smallest absolute Gasteiger partial charge is 0.405 e. The van der Waals surface area contributed by atoms with E-state index in [0.717, 1.165) is 4.47 Å². The summed E-state index contributed by atoms with van der Waals surface area (Å²) in [5, 5.41) is 3.05. The molecule has 0 aromatic heterocycles. The van der Waals surface area contributed by atoms with Crippen molar-refractivity contribution in [2.24, 2.45) is 0 Å². The number of rotatable bonds is 8. The van der Waals surface area contributed by atoms with Crippen LogP contribution in [0.15, 0.2) is 28.7 Å². The number of carbonyl (C=O) groups is 3. The lowest BCUT2D eigenvalue weighted by atomic mass is 10.3. The van der Waals surface area contributed by atoms with Crippen LogP contribution in [0.5, 0.6) is 5.75 Å². The summed E-state index contributed by atoms with van der Waals surface area (Å²) in [6.45, 7) is -2.10. The fourth-order valence-corrected chi connectivity index (χ4v) is 1.95. The van der Waals surface area contributed by atoms with Gasteiger partial charge in [0.25, 0.3) is 5.91 Å². The van der Waals surface area contributed by atoms with Crippen molar-refractivity contribution < 1.29 is 37.0 Å². The fraction of sp³-hybridized carbons (Fsp3) is 0.400. The summed E-state index contributed by atoms with van der Waals surface area (Å²) in [6.07, 6.45) is -4.29. The Hall–Kier alpha value is -2.30. The summed E-state index contributed by atoms with van der Waals surface area (Å²) < 4.78 is 46.5. The molecule has 144 valence electrons. The second kappa shape index (κ2) is 10.6. The van der Waals surface area contributed by atoms with Crippen molar-refractivity contribution in [2.45, 2.75) is 19.0 Å². The standard InChI is InChI=1S/C15H16BrF3N2O5/c16-10-3-1-4-11(7-10)25-6-2-5-13(23)26-8-12(22)21-14(24)20-9-15(17,18)19/h1,3-4,7H,2,5-6,8-9H2,(H2,20,21,22,24). The van der Waals surface area contributed by atoms with Gasteiger partial charge in [0.15, 0.2) is 6.61 Å². The lowest BCUT2D eigenvalue weighted by molar-refractivity contribution is -0.148. The maximum atomic E-state index is 11.9. The average molecular weight is 441 g/mol. The normalized spacial score (nSPS) is 10.8. The predicted molar refractivity (Wildman–Crippen MR) is 87.4 cm³/mol. The van der Waals surface area contributed by atoms with Gasteiger partial charge < -0.3 is 14.8 Å². The second-order valence-electron chi connectivity index (χ2n) is 4.92. The predicted octanol–water partition coefficient (Wildman–Crippen LogP) is 2.54. The number of alkyl halides is 3. The zero-order valence-electron chi connectivity index (χ0n) is 13.4. The van der Waals surface area contributed by atoms with Gasteiger partial charge in [0.1, 0.15) is 12.3 Å². The molecular weight excluding hydrogens is 425 g/mol. The van der Waals surface area contributed by atoms with Gasteiger partial charge in [0, 0.05) is 10.9 Å². The Morgan fingerprint density at radius 3 is 2.58 bits per heavy atom. The number of nitrogens with one attached hydrogen (secondary N) is 2. The number of imide groups is 1. The molecule has 1 aromatic carbocycles. The molecule has 0 atom stereocenters. The third-order valence-corrected chi connectivity index (χ3v) is 3.15. The first-order chi connectivity index (χ1) is 12.2. The molecular formula is C15H16BrF3N2O5. The molecule has 0 aliphatic carbocycles. The molecule has 0 bridgehead atoms. The van der Waals surface area contributed by atoms with E-state index >= 15 is 0 Å². The number of benzene rings is 1. The molecule has 7 nitrogen and oxygen atoms in total. The largest absolute Gasteiger partial charge is 0.494 e. The van der Waals surface area contributed by atoms with Crippen molar-refractivity contribution in [1.82, 2.24) is 10.6 Å². The first-order valence-corrected chi connectivity index (χ1v) is 8.13. The summed E-state index contributed by atoms with van der Waals surface area (Å²) in [7, 11) is 0. The average Bonchev–Trinajstić information content (AvgIpc) is 2.54. The Balaban J connectivity index is 2.13. The minimum absolute atomic E-state index is 0.0262. The molecule has 2 N–H and O–H groups in total. The van der Waals surface area contributed by atoms with Gasteiger partial charge in [-0.15, -0.1) is 0 Å². The quantitative estimate of drug-likeness (QED) is 0.478. The molecule has 26 heavy (non-hydrogen) atoms. The van der Waals surface area contributed by atoms with Crippen molar-refractivity contribution >= 4 is 33.8 Å². The minimum atomic E-state index is -4.59. The number of esters is 1. The SMILES string of the molecule is O=C(COC(=O)CCCOc1cccc(Br)c1)NC(=O)NCC(F)(F)F. The summed E-state index contributed by atoms with van der Waals surface area (Å²) in [5.41, 5.74) is 0. The van der Waals surface area contributed by atoms with Gasteiger partial charge in [-0.05, 0) is 24.6 Å². The Morgan fingerprint density at radius 2 is 1.92 bits per heavy atom. The van der Waals surface area contributed by atoms with Crippen LogP contribution in [0.1, 0.15) is 12.8 Å². The monoisotopic (exact) mass is 440 g/mol. The first kappa shape index (κ1) is 21.7. The van der Waals surface area contributed by atoms with E-state index in [1.54, 1.807) is 23.5 Å². The molecule has 0 radical (unpaired) electrons. The molecule has 0 aliphatic rings. The third-order valence-electron chi connectivity index (χ3n) is 2.66. The maximum Gasteiger partial charge on any atom is 0.405 e. The molecule has 1 aromatic rings. The van der Waals surface area contributed by atoms with Crippen molar-refractivity contribution in [1.29, 1.82) is 0 Å². The molecule has 0 unspecified atom stereocenters. The zero-order chi connectivity index (χ0) is 19.6. The van der Waals surface area contributed by atoms with Crippen LogP contribution >= 0.6 is 15.9 Å². The third kappa shape index (κ3) is 10.5. The number of urea groups is 1. The van der Waals surface area contributed by atoms with Gasteiger partial charge in [0.05, 0.1) is 6.61 Å². The summed E-state index contributed by atoms with van der Waals surface area (Å²) in [6, 6.07) is 5.80. The van der Waals surface area contributed by atoms with E-state index in [1.807, 2.05) is 6.07 Å². The van der Waals surface area contributed by atoms with Crippen molar-refractivity contribution in [3.63, 3.8) is 0 Å². The van der Waals surface area contributed by atoms with Gasteiger partial charge in [0.2, 0.25) is 0 Å². The van der Waals surface area contributed by atoms with Gasteiger partial charge >= 0.3 is 18.2 Å². The van der Waals surface area contributed by atoms with E-state index in [9.17, 15) is 27.6 Å². The molecule has 0 fully saturated rings. The van der Waals surface area contributed by atoms with Crippen LogP contribution in [0.25, 0.3) is 0 Å². The van der Waals surface area contributed by atoms with Crippen molar-refractivity contribution in [3.8, 4) is 5.75 Å². The number of ether oxygens (including phenoxy) is 2. The van der Waals surface area contributed by atoms with E-state index in [1.165, 1.54) is 5.32 Å². The molecule has 0 saturated heterocycles. The molecule has 3 amide bonds. The molecule has 11 heteroatoms. The Labute approximate surface area is 155 Å². The summed E-state index contributed by atoms with van der Waals surface area (Å²) in [4.78, 5) is 33.7. The number of halogens is 4. The minimum Gasteiger partial charge on any atom is -0.494 e. The van der Waals surface area contributed by atoms with Crippen LogP contribution in [0.2, 0.25) is 0 Å². The summed E-state index contributed by atoms with van der Waals surface area (Å²) in [5.74, 6) is -1.12. The van der Waals surface area contributed by atoms with Crippen LogP contribution in [-0.4, -0.2) is 43.8 Å². The van der Waals surface area contributed by atoms with Gasteiger partial charge in [-0.3, -0.25) is 14.9 Å². The highest BCUT2D eigenvalue weighted by Gasteiger charge is 2.28. The van der Waals surface area contributed by atoms with Crippen LogP contribution < -0.4 is 15.4 Å². The highest BCUT2D eigenvalue weighted by atomic mass is 79.9. The summed E-state index contributed by atoms with van der Waals surface area (Å²) >= 11 is 3.29. The van der Waals surface area contributed by atoms with E-state index in [4.69, 9.17) is 4.74 Å². The Bertz CT molecular complexity index is 640. The van der Waals surface area contributed by atoms with Crippen molar-refractivity contribution in [2.75, 3.05) is 19.8 Å². The lowest BCUT2D eigenvalue weighted by Crippen LogP contribution is -2.44. The molecule has 0 heterocycles. The van der Waals surface area contributed by atoms with Crippen LogP contribution in [-0.2, 0) is 14.3 Å². The van der Waals surface area contributed by atoms with E-state index in [2.05, 4.69) is 20.7 Å². The van der Waals surface area contributed by atoms with E-state index in [-0.39, 0.29) is 13.0 Å². The Kier molecular flexibility index (Phi) is 8.90. The molecule has 1 rings (SSSR count). The topological polar surface area (TPSA) is 93.7 Å². The number of amides is 3.